The summed E-state index contributed by atoms with van der Waals surface area (Å²) in [6, 6.07) is 0. The second kappa shape index (κ2) is 11.2. The van der Waals surface area contributed by atoms with Gasteiger partial charge in [-0.15, -0.1) is 0 Å². The van der Waals surface area contributed by atoms with Gasteiger partial charge in [0.15, 0.2) is 18.5 Å². The lowest BCUT2D eigenvalue weighted by Crippen LogP contribution is -2.58. The highest BCUT2D eigenvalue weighted by molar-refractivity contribution is 5.92. The zero-order valence-electron chi connectivity index (χ0n) is 24.7. The number of allylic oxidation sites excluding steroid dienone is 1. The van der Waals surface area contributed by atoms with Gasteiger partial charge in [0.1, 0.15) is 5.60 Å². The number of aliphatic hydroxyl groups is 2. The number of nitrogens with one attached hydrogen (secondary N) is 1. The lowest BCUT2D eigenvalue weighted by atomic mass is 9.46. The van der Waals surface area contributed by atoms with Crippen molar-refractivity contribution in [1.82, 2.24) is 5.32 Å². The number of amides is 1. The Hall–Kier alpha value is -2.59. The van der Waals surface area contributed by atoms with Crippen LogP contribution in [0.4, 0.5) is 0 Å². The summed E-state index contributed by atoms with van der Waals surface area (Å²) in [6.07, 6.45) is 5.60. The zero-order valence-corrected chi connectivity index (χ0v) is 24.7. The van der Waals surface area contributed by atoms with Gasteiger partial charge in [0.25, 0.3) is 0 Å². The smallest absolute Gasteiger partial charge is 0.333 e. The molecule has 0 radical (unpaired) electrons. The highest BCUT2D eigenvalue weighted by Gasteiger charge is 2.66. The maximum absolute atomic E-state index is 13.4. The van der Waals surface area contributed by atoms with Gasteiger partial charge < -0.3 is 25.4 Å². The lowest BCUT2D eigenvalue weighted by molar-refractivity contribution is -0.170. The number of esters is 1. The molecule has 7 atom stereocenters. The van der Waals surface area contributed by atoms with E-state index < -0.39 is 52.8 Å². The predicted octanol–water partition coefficient (Wildman–Crippen LogP) is 2.73. The van der Waals surface area contributed by atoms with E-state index in [1.54, 1.807) is 0 Å². The van der Waals surface area contributed by atoms with Crippen LogP contribution < -0.4 is 5.32 Å². The van der Waals surface area contributed by atoms with Gasteiger partial charge in [-0.2, -0.15) is 0 Å². The van der Waals surface area contributed by atoms with Crippen LogP contribution in [0.1, 0.15) is 91.9 Å². The van der Waals surface area contributed by atoms with E-state index in [9.17, 15) is 34.2 Å². The number of ether oxygens (including phenoxy) is 1. The van der Waals surface area contributed by atoms with E-state index in [-0.39, 0.29) is 36.5 Å². The van der Waals surface area contributed by atoms with Gasteiger partial charge in [-0.25, -0.2) is 4.79 Å². The van der Waals surface area contributed by atoms with Gasteiger partial charge in [0.2, 0.25) is 11.7 Å². The third-order valence-corrected chi connectivity index (χ3v) is 11.2. The molecule has 0 spiro atoms. The maximum Gasteiger partial charge on any atom is 0.333 e. The van der Waals surface area contributed by atoms with Crippen LogP contribution in [0.3, 0.4) is 0 Å². The Balaban J connectivity index is 1.30. The van der Waals surface area contributed by atoms with Crippen LogP contribution in [0.5, 0.6) is 0 Å². The van der Waals surface area contributed by atoms with Crippen molar-refractivity contribution < 1.29 is 44.0 Å². The molecule has 0 bridgehead atoms. The average molecular weight is 576 g/mol. The fourth-order valence-electron chi connectivity index (χ4n) is 8.43. The molecule has 0 aromatic heterocycles. The van der Waals surface area contributed by atoms with Gasteiger partial charge in [-0.05, 0) is 74.2 Å². The summed E-state index contributed by atoms with van der Waals surface area (Å²) in [4.78, 5) is 60.9. The third-order valence-electron chi connectivity index (χ3n) is 11.2. The number of fused-ring (bicyclic) bond motifs is 5. The Morgan fingerprint density at radius 3 is 2.41 bits per heavy atom. The number of carbonyl (C=O) groups is 5. The van der Waals surface area contributed by atoms with E-state index >= 15 is 0 Å². The first kappa shape index (κ1) is 31.3. The van der Waals surface area contributed by atoms with Crippen LogP contribution in [0.25, 0.3) is 0 Å². The van der Waals surface area contributed by atoms with Crippen LogP contribution in [-0.4, -0.2) is 69.6 Å². The molecule has 4 rings (SSSR count). The van der Waals surface area contributed by atoms with Gasteiger partial charge in [0, 0.05) is 30.2 Å². The quantitative estimate of drug-likeness (QED) is 0.286. The molecule has 3 fully saturated rings. The van der Waals surface area contributed by atoms with Gasteiger partial charge >= 0.3 is 11.9 Å². The number of hydrogen-bond donors (Lipinski definition) is 4. The number of carbonyl (C=O) groups excluding carboxylic acids is 4. The molecule has 0 heterocycles. The number of carboxylic acid groups (broad SMARTS) is 1. The minimum absolute atomic E-state index is 0.00347. The average Bonchev–Trinajstić information content (AvgIpc) is 3.20. The summed E-state index contributed by atoms with van der Waals surface area (Å²) < 4.78 is 5.19. The molecule has 0 aliphatic heterocycles. The SMILES string of the molecule is CC(C)(CNC(=O)CCC(=O)OCC(=O)[C@@]1(O)CCC2C3CCC4=CC(=O)CC[C@]4(C)C3CC[C@@]21C)C(O)C(=O)O. The zero-order chi connectivity index (χ0) is 30.4. The number of Topliss-reactive ketones (excluding diaryl/α,β-unsaturated/α-hetero) is 1. The molecule has 4 aliphatic rings. The molecule has 0 aromatic rings. The molecule has 10 heteroatoms. The van der Waals surface area contributed by atoms with E-state index in [1.807, 2.05) is 13.0 Å². The van der Waals surface area contributed by atoms with Crippen molar-refractivity contribution in [2.45, 2.75) is 104 Å². The third kappa shape index (κ3) is 5.61. The normalized spacial score (nSPS) is 35.3. The van der Waals surface area contributed by atoms with Crippen molar-refractivity contribution >= 4 is 29.4 Å². The van der Waals surface area contributed by atoms with E-state index in [2.05, 4.69) is 12.2 Å². The Labute approximate surface area is 241 Å². The largest absolute Gasteiger partial charge is 0.479 e. The van der Waals surface area contributed by atoms with Gasteiger partial charge in [-0.3, -0.25) is 19.2 Å². The Bertz CT molecular complexity index is 1140. The van der Waals surface area contributed by atoms with Crippen molar-refractivity contribution in [3.63, 3.8) is 0 Å². The number of aliphatic carboxylic acids is 1. The number of ketones is 2. The lowest BCUT2D eigenvalue weighted by Gasteiger charge is -2.58. The van der Waals surface area contributed by atoms with E-state index in [4.69, 9.17) is 9.84 Å². The summed E-state index contributed by atoms with van der Waals surface area (Å²) in [5, 5.41) is 33.0. The van der Waals surface area contributed by atoms with Crippen molar-refractivity contribution in [2.75, 3.05) is 13.2 Å². The molecule has 4 aliphatic carbocycles. The number of carboxylic acids is 1. The second-order valence-electron chi connectivity index (χ2n) is 13.9. The molecule has 0 aromatic carbocycles. The van der Waals surface area contributed by atoms with Crippen molar-refractivity contribution in [2.24, 2.45) is 34.0 Å². The minimum Gasteiger partial charge on any atom is -0.479 e. The molecule has 3 saturated carbocycles. The van der Waals surface area contributed by atoms with Crippen molar-refractivity contribution in [1.29, 1.82) is 0 Å². The maximum atomic E-state index is 13.4. The van der Waals surface area contributed by atoms with Crippen molar-refractivity contribution in [3.05, 3.63) is 11.6 Å². The highest BCUT2D eigenvalue weighted by atomic mass is 16.5. The fourth-order valence-corrected chi connectivity index (χ4v) is 8.43. The van der Waals surface area contributed by atoms with Gasteiger partial charge in [-0.1, -0.05) is 33.3 Å². The Kier molecular flexibility index (Phi) is 8.60. The summed E-state index contributed by atoms with van der Waals surface area (Å²) in [7, 11) is 0. The molecule has 41 heavy (non-hydrogen) atoms. The fraction of sp³-hybridized carbons (Fsp3) is 0.774. The van der Waals surface area contributed by atoms with Crippen LogP contribution >= 0.6 is 0 Å². The van der Waals surface area contributed by atoms with Crippen LogP contribution in [0.15, 0.2) is 11.6 Å². The minimum atomic E-state index is -1.66. The summed E-state index contributed by atoms with van der Waals surface area (Å²) in [5.74, 6) is -1.97. The first-order valence-corrected chi connectivity index (χ1v) is 14.9. The van der Waals surface area contributed by atoms with Crippen LogP contribution in [0, 0.1) is 34.0 Å². The van der Waals surface area contributed by atoms with E-state index in [0.29, 0.717) is 31.1 Å². The summed E-state index contributed by atoms with van der Waals surface area (Å²) >= 11 is 0. The number of hydrogen-bond acceptors (Lipinski definition) is 8. The summed E-state index contributed by atoms with van der Waals surface area (Å²) in [6.45, 7) is 6.63. The standard InChI is InChI=1S/C31H45NO9/c1-28(2,26(37)27(38)39)17-32-24(35)7-8-25(36)41-16-23(34)31(40)14-11-22-20-6-5-18-15-19(33)9-12-29(18,3)21(20)10-13-30(22,31)4/h15,20-22,26,37,40H,5-14,16-17H2,1-4H3,(H,32,35)(H,38,39)/t20?,21?,22?,26?,29-,30-,31-/m0/s1. The number of rotatable bonds is 10. The van der Waals surface area contributed by atoms with Crippen molar-refractivity contribution in [3.8, 4) is 0 Å². The van der Waals surface area contributed by atoms with E-state index in [0.717, 1.165) is 32.1 Å². The Morgan fingerprint density at radius 2 is 1.73 bits per heavy atom. The molecule has 0 saturated heterocycles. The predicted molar refractivity (Wildman–Crippen MR) is 147 cm³/mol. The second-order valence-corrected chi connectivity index (χ2v) is 13.9. The van der Waals surface area contributed by atoms with Crippen LogP contribution in [-0.2, 0) is 28.7 Å². The topological polar surface area (TPSA) is 167 Å². The van der Waals surface area contributed by atoms with Crippen LogP contribution in [0.2, 0.25) is 0 Å². The van der Waals surface area contributed by atoms with E-state index in [1.165, 1.54) is 19.4 Å². The molecule has 4 N–H and O–H groups in total. The molecular formula is C31H45NO9. The van der Waals surface area contributed by atoms with Gasteiger partial charge in [0.05, 0.1) is 6.42 Å². The Morgan fingerprint density at radius 1 is 1.05 bits per heavy atom. The summed E-state index contributed by atoms with van der Waals surface area (Å²) in [5.41, 5.74) is -2.05. The molecule has 228 valence electrons. The molecule has 4 unspecified atom stereocenters. The monoisotopic (exact) mass is 575 g/mol. The molecular weight excluding hydrogens is 530 g/mol. The molecule has 10 nitrogen and oxygen atoms in total. The first-order chi connectivity index (χ1) is 19.0. The highest BCUT2D eigenvalue weighted by Crippen LogP contribution is 2.67. The molecule has 1 amide bonds. The number of aliphatic hydroxyl groups excluding tert-OH is 1. The first-order valence-electron chi connectivity index (χ1n) is 14.9.